The van der Waals surface area contributed by atoms with Crippen LogP contribution in [0.5, 0.6) is 0 Å². The van der Waals surface area contributed by atoms with Crippen molar-refractivity contribution in [2.75, 3.05) is 6.54 Å². The van der Waals surface area contributed by atoms with Crippen LogP contribution in [-0.2, 0) is 13.1 Å². The Morgan fingerprint density at radius 1 is 1.39 bits per heavy atom. The Balaban J connectivity index is 2.11. The smallest absolute Gasteiger partial charge is 0.310 e. The van der Waals surface area contributed by atoms with Crippen molar-refractivity contribution in [1.29, 1.82) is 0 Å². The van der Waals surface area contributed by atoms with Gasteiger partial charge in [-0.3, -0.25) is 4.57 Å². The lowest BCUT2D eigenvalue weighted by Crippen LogP contribution is -2.24. The molecule has 18 heavy (non-hydrogen) atoms. The van der Waals surface area contributed by atoms with Gasteiger partial charge in [0.2, 0.25) is 0 Å². The number of benzene rings is 1. The molecule has 0 saturated carbocycles. The normalized spacial score (nSPS) is 15.2. The molecule has 0 spiro atoms. The van der Waals surface area contributed by atoms with Gasteiger partial charge < -0.3 is 5.32 Å². The van der Waals surface area contributed by atoms with Crippen LogP contribution in [0.4, 0.5) is 4.39 Å². The van der Waals surface area contributed by atoms with Crippen molar-refractivity contribution in [3.05, 3.63) is 46.4 Å². The molecule has 0 bridgehead atoms. The Bertz CT molecular complexity index is 631. The summed E-state index contributed by atoms with van der Waals surface area (Å²) < 4.78 is 16.1. The SMILES string of the molecule is O=c1n(-c2cccc(F)c2)nc2n1CCCNC2. The van der Waals surface area contributed by atoms with E-state index in [1.165, 1.54) is 16.8 Å². The van der Waals surface area contributed by atoms with E-state index in [0.717, 1.165) is 13.0 Å². The lowest BCUT2D eigenvalue weighted by molar-refractivity contribution is 0.613. The molecular weight excluding hydrogens is 235 g/mol. The molecule has 3 rings (SSSR count). The molecule has 0 unspecified atom stereocenters. The predicted octanol–water partition coefficient (Wildman–Crippen LogP) is 0.666. The maximum absolute atomic E-state index is 13.2. The molecule has 1 N–H and O–H groups in total. The van der Waals surface area contributed by atoms with Crippen LogP contribution in [0, 0.1) is 5.82 Å². The largest absolute Gasteiger partial charge is 0.350 e. The van der Waals surface area contributed by atoms with Crippen LogP contribution in [0.25, 0.3) is 5.69 Å². The van der Waals surface area contributed by atoms with Crippen molar-refractivity contribution in [3.63, 3.8) is 0 Å². The molecule has 0 fully saturated rings. The van der Waals surface area contributed by atoms with Crippen LogP contribution in [0.3, 0.4) is 0 Å². The van der Waals surface area contributed by atoms with E-state index in [0.29, 0.717) is 24.6 Å². The fourth-order valence-electron chi connectivity index (χ4n) is 2.13. The third-order valence-electron chi connectivity index (χ3n) is 3.01. The number of rotatable bonds is 1. The van der Waals surface area contributed by atoms with Crippen molar-refractivity contribution in [1.82, 2.24) is 19.7 Å². The number of aromatic nitrogens is 3. The highest BCUT2D eigenvalue weighted by Crippen LogP contribution is 2.08. The Morgan fingerprint density at radius 2 is 2.28 bits per heavy atom. The second-order valence-corrected chi connectivity index (χ2v) is 4.27. The van der Waals surface area contributed by atoms with Crippen LogP contribution in [0.15, 0.2) is 29.1 Å². The van der Waals surface area contributed by atoms with Gasteiger partial charge in [-0.2, -0.15) is 4.68 Å². The zero-order valence-corrected chi connectivity index (χ0v) is 9.77. The van der Waals surface area contributed by atoms with E-state index in [1.54, 1.807) is 16.7 Å². The molecule has 0 aliphatic carbocycles. The molecule has 1 aliphatic rings. The summed E-state index contributed by atoms with van der Waals surface area (Å²) in [5, 5.41) is 7.46. The Labute approximate surface area is 103 Å². The van der Waals surface area contributed by atoms with Crippen molar-refractivity contribution < 1.29 is 4.39 Å². The zero-order valence-electron chi connectivity index (χ0n) is 9.77. The summed E-state index contributed by atoms with van der Waals surface area (Å²) in [6, 6.07) is 5.89. The number of fused-ring (bicyclic) bond motifs is 1. The average molecular weight is 248 g/mol. The number of hydrogen-bond donors (Lipinski definition) is 1. The van der Waals surface area contributed by atoms with Crippen LogP contribution in [0.1, 0.15) is 12.2 Å². The van der Waals surface area contributed by atoms with Gasteiger partial charge in [-0.25, -0.2) is 9.18 Å². The number of nitrogens with one attached hydrogen (secondary N) is 1. The molecule has 1 aliphatic heterocycles. The number of hydrogen-bond acceptors (Lipinski definition) is 3. The minimum absolute atomic E-state index is 0.209. The molecule has 94 valence electrons. The number of halogens is 1. The fraction of sp³-hybridized carbons (Fsp3) is 0.333. The van der Waals surface area contributed by atoms with Crippen LogP contribution in [-0.4, -0.2) is 20.9 Å². The minimum Gasteiger partial charge on any atom is -0.310 e. The van der Waals surface area contributed by atoms with Gasteiger partial charge in [-0.1, -0.05) is 6.07 Å². The van der Waals surface area contributed by atoms with E-state index in [1.807, 2.05) is 0 Å². The summed E-state index contributed by atoms with van der Waals surface area (Å²) in [6.07, 6.45) is 0.891. The molecule has 2 heterocycles. The Morgan fingerprint density at radius 3 is 3.11 bits per heavy atom. The summed E-state index contributed by atoms with van der Waals surface area (Å²) in [5.41, 5.74) is 0.250. The summed E-state index contributed by atoms with van der Waals surface area (Å²) in [7, 11) is 0. The zero-order chi connectivity index (χ0) is 12.5. The second kappa shape index (κ2) is 4.38. The van der Waals surface area contributed by atoms with Gasteiger partial charge in [0.15, 0.2) is 0 Å². The average Bonchev–Trinajstić information content (AvgIpc) is 2.55. The van der Waals surface area contributed by atoms with Crippen molar-refractivity contribution in [2.24, 2.45) is 0 Å². The van der Waals surface area contributed by atoms with Crippen LogP contribution >= 0.6 is 0 Å². The third-order valence-corrected chi connectivity index (χ3v) is 3.01. The van der Waals surface area contributed by atoms with Crippen molar-refractivity contribution in [2.45, 2.75) is 19.5 Å². The lowest BCUT2D eigenvalue weighted by Gasteiger charge is -2.00. The molecule has 6 heteroatoms. The van der Waals surface area contributed by atoms with Gasteiger partial charge in [0.25, 0.3) is 0 Å². The van der Waals surface area contributed by atoms with Crippen molar-refractivity contribution >= 4 is 0 Å². The van der Waals surface area contributed by atoms with Gasteiger partial charge in [-0.15, -0.1) is 5.10 Å². The van der Waals surface area contributed by atoms with Crippen LogP contribution < -0.4 is 11.0 Å². The first-order valence-electron chi connectivity index (χ1n) is 5.91. The van der Waals surface area contributed by atoms with E-state index >= 15 is 0 Å². The van der Waals surface area contributed by atoms with Crippen LogP contribution in [0.2, 0.25) is 0 Å². The molecular formula is C12H13FN4O. The Kier molecular flexibility index (Phi) is 2.71. The highest BCUT2D eigenvalue weighted by atomic mass is 19.1. The molecule has 2 aromatic rings. The molecule has 1 aromatic heterocycles. The number of nitrogens with zero attached hydrogens (tertiary/aromatic N) is 3. The summed E-state index contributed by atoms with van der Waals surface area (Å²) in [6.45, 7) is 2.09. The first-order valence-corrected chi connectivity index (χ1v) is 5.91. The maximum atomic E-state index is 13.2. The second-order valence-electron chi connectivity index (χ2n) is 4.27. The van der Waals surface area contributed by atoms with Gasteiger partial charge in [0, 0.05) is 6.54 Å². The fourth-order valence-corrected chi connectivity index (χ4v) is 2.13. The highest BCUT2D eigenvalue weighted by molar-refractivity contribution is 5.30. The van der Waals surface area contributed by atoms with E-state index in [4.69, 9.17) is 0 Å². The summed E-state index contributed by atoms with van der Waals surface area (Å²) >= 11 is 0. The first kappa shape index (κ1) is 11.2. The summed E-state index contributed by atoms with van der Waals surface area (Å²) in [4.78, 5) is 12.2. The van der Waals surface area contributed by atoms with E-state index < -0.39 is 0 Å². The Hall–Kier alpha value is -1.95. The van der Waals surface area contributed by atoms with Gasteiger partial charge in [0.05, 0.1) is 12.2 Å². The molecule has 5 nitrogen and oxygen atoms in total. The van der Waals surface area contributed by atoms with Crippen molar-refractivity contribution in [3.8, 4) is 5.69 Å². The molecule has 1 aromatic carbocycles. The monoisotopic (exact) mass is 248 g/mol. The quantitative estimate of drug-likeness (QED) is 0.807. The van der Waals surface area contributed by atoms with Gasteiger partial charge >= 0.3 is 5.69 Å². The van der Waals surface area contributed by atoms with Gasteiger partial charge in [0.1, 0.15) is 11.6 Å². The van der Waals surface area contributed by atoms with Gasteiger partial charge in [-0.05, 0) is 31.2 Å². The van der Waals surface area contributed by atoms with E-state index in [2.05, 4.69) is 10.4 Å². The lowest BCUT2D eigenvalue weighted by atomic mass is 10.3. The topological polar surface area (TPSA) is 51.9 Å². The highest BCUT2D eigenvalue weighted by Gasteiger charge is 2.16. The standard InChI is InChI=1S/C12H13FN4O/c13-9-3-1-4-10(7-9)17-12(18)16-6-2-5-14-8-11(16)15-17/h1,3-4,7,14H,2,5-6,8H2. The predicted molar refractivity (Wildman–Crippen MR) is 64.1 cm³/mol. The van der Waals surface area contributed by atoms with E-state index in [9.17, 15) is 9.18 Å². The van der Waals surface area contributed by atoms with E-state index in [-0.39, 0.29) is 11.5 Å². The third kappa shape index (κ3) is 1.84. The maximum Gasteiger partial charge on any atom is 0.350 e. The molecule has 0 radical (unpaired) electrons. The molecule has 0 atom stereocenters. The summed E-state index contributed by atoms with van der Waals surface area (Å²) in [5.74, 6) is 0.322. The molecule has 0 amide bonds. The first-order chi connectivity index (χ1) is 8.75. The minimum atomic E-state index is -0.374. The molecule has 0 saturated heterocycles.